The maximum Gasteiger partial charge on any atom is 0.439 e. The third-order valence-corrected chi connectivity index (χ3v) is 4.56. The van der Waals surface area contributed by atoms with Gasteiger partial charge in [-0.15, -0.1) is 0 Å². The van der Waals surface area contributed by atoms with Gasteiger partial charge in [-0.25, -0.2) is 13.6 Å². The largest absolute Gasteiger partial charge is 0.439 e. The Morgan fingerprint density at radius 3 is 2.59 bits per heavy atom. The van der Waals surface area contributed by atoms with Crippen LogP contribution in [0.2, 0.25) is 0 Å². The highest BCUT2D eigenvalue weighted by Crippen LogP contribution is 2.28. The highest BCUT2D eigenvalue weighted by atomic mass is 19.1. The van der Waals surface area contributed by atoms with Crippen molar-refractivity contribution in [3.63, 3.8) is 0 Å². The van der Waals surface area contributed by atoms with Gasteiger partial charge in [-0.1, -0.05) is 5.16 Å². The summed E-state index contributed by atoms with van der Waals surface area (Å²) in [5.41, 5.74) is 1.00. The molecule has 0 radical (unpaired) electrons. The zero-order valence-electron chi connectivity index (χ0n) is 14.8. The van der Waals surface area contributed by atoms with Crippen LogP contribution in [0.5, 0.6) is 0 Å². The molecule has 1 saturated heterocycles. The second-order valence-corrected chi connectivity index (χ2v) is 6.51. The van der Waals surface area contributed by atoms with E-state index in [1.807, 2.05) is 0 Å². The molecule has 0 unspecified atom stereocenters. The number of carbonyl (C=O) groups is 2. The Hall–Kier alpha value is -3.82. The summed E-state index contributed by atoms with van der Waals surface area (Å²) in [4.78, 5) is 39.3. The van der Waals surface area contributed by atoms with Crippen LogP contribution in [-0.2, 0) is 9.59 Å². The van der Waals surface area contributed by atoms with Crippen molar-refractivity contribution in [2.45, 2.75) is 6.42 Å². The van der Waals surface area contributed by atoms with Crippen molar-refractivity contribution in [3.05, 3.63) is 64.6 Å². The Labute approximate surface area is 162 Å². The summed E-state index contributed by atoms with van der Waals surface area (Å²) < 4.78 is 31.5. The van der Waals surface area contributed by atoms with Gasteiger partial charge in [0.1, 0.15) is 11.6 Å². The van der Waals surface area contributed by atoms with Crippen LogP contribution < -0.4 is 16.0 Å². The van der Waals surface area contributed by atoms with Crippen molar-refractivity contribution in [3.8, 4) is 11.4 Å². The molecule has 1 fully saturated rings. The third-order valence-electron chi connectivity index (χ3n) is 4.56. The first-order chi connectivity index (χ1) is 13.9. The Morgan fingerprint density at radius 1 is 1.17 bits per heavy atom. The SMILES string of the molecule is O=C(Nc1ccc(-c2noc(=O)[nH]2)cc1)[C@@H]1CC(=O)N(c2ccc(F)cc2F)C1. The molecule has 148 valence electrons. The van der Waals surface area contributed by atoms with E-state index in [2.05, 4.69) is 20.0 Å². The lowest BCUT2D eigenvalue weighted by atomic mass is 10.1. The van der Waals surface area contributed by atoms with Gasteiger partial charge in [0.15, 0.2) is 5.82 Å². The first-order valence-electron chi connectivity index (χ1n) is 8.63. The molecule has 0 bridgehead atoms. The van der Waals surface area contributed by atoms with Gasteiger partial charge in [-0.05, 0) is 36.4 Å². The number of nitrogens with one attached hydrogen (secondary N) is 2. The van der Waals surface area contributed by atoms with Crippen LogP contribution in [0.1, 0.15) is 6.42 Å². The predicted molar refractivity (Wildman–Crippen MR) is 98.0 cm³/mol. The maximum absolute atomic E-state index is 14.0. The van der Waals surface area contributed by atoms with Crippen LogP contribution in [0.15, 0.2) is 51.8 Å². The van der Waals surface area contributed by atoms with Crippen molar-refractivity contribution in [1.82, 2.24) is 10.1 Å². The molecule has 1 aromatic heterocycles. The highest BCUT2D eigenvalue weighted by molar-refractivity contribution is 6.03. The molecule has 2 N–H and O–H groups in total. The Morgan fingerprint density at radius 2 is 1.93 bits per heavy atom. The van der Waals surface area contributed by atoms with E-state index < -0.39 is 35.1 Å². The second kappa shape index (κ2) is 7.30. The van der Waals surface area contributed by atoms with Gasteiger partial charge in [0, 0.05) is 30.3 Å². The summed E-state index contributed by atoms with van der Waals surface area (Å²) in [5, 5.41) is 6.27. The Bertz CT molecular complexity index is 1140. The van der Waals surface area contributed by atoms with Gasteiger partial charge >= 0.3 is 5.76 Å². The van der Waals surface area contributed by atoms with E-state index in [9.17, 15) is 23.2 Å². The predicted octanol–water partition coefficient (Wildman–Crippen LogP) is 2.30. The fourth-order valence-electron chi connectivity index (χ4n) is 3.13. The summed E-state index contributed by atoms with van der Waals surface area (Å²) in [7, 11) is 0. The van der Waals surface area contributed by atoms with E-state index in [1.165, 1.54) is 6.07 Å². The number of nitrogens with zero attached hydrogens (tertiary/aromatic N) is 2. The van der Waals surface area contributed by atoms with E-state index in [4.69, 9.17) is 0 Å². The van der Waals surface area contributed by atoms with Gasteiger partial charge in [0.05, 0.1) is 11.6 Å². The van der Waals surface area contributed by atoms with Crippen molar-refractivity contribution in [1.29, 1.82) is 0 Å². The molecule has 0 aliphatic carbocycles. The van der Waals surface area contributed by atoms with E-state index in [0.717, 1.165) is 11.0 Å². The minimum absolute atomic E-state index is 0.00845. The molecule has 1 aliphatic heterocycles. The first kappa shape index (κ1) is 18.5. The summed E-state index contributed by atoms with van der Waals surface area (Å²) in [6, 6.07) is 9.40. The molecule has 0 saturated carbocycles. The van der Waals surface area contributed by atoms with Gasteiger partial charge < -0.3 is 10.2 Å². The van der Waals surface area contributed by atoms with Gasteiger partial charge in [-0.2, -0.15) is 0 Å². The van der Waals surface area contributed by atoms with E-state index in [0.29, 0.717) is 17.3 Å². The van der Waals surface area contributed by atoms with Gasteiger partial charge in [-0.3, -0.25) is 19.1 Å². The molecule has 2 amide bonds. The minimum atomic E-state index is -0.860. The molecule has 10 heteroatoms. The van der Waals surface area contributed by atoms with E-state index >= 15 is 0 Å². The number of H-pyrrole nitrogens is 1. The van der Waals surface area contributed by atoms with Crippen molar-refractivity contribution in [2.24, 2.45) is 5.92 Å². The summed E-state index contributed by atoms with van der Waals surface area (Å²) in [6.07, 6.45) is -0.0824. The highest BCUT2D eigenvalue weighted by Gasteiger charge is 2.36. The van der Waals surface area contributed by atoms with Crippen molar-refractivity contribution in [2.75, 3.05) is 16.8 Å². The molecule has 29 heavy (non-hydrogen) atoms. The van der Waals surface area contributed by atoms with Crippen molar-refractivity contribution < 1.29 is 22.9 Å². The minimum Gasteiger partial charge on any atom is -0.326 e. The number of halogens is 2. The molecule has 0 spiro atoms. The van der Waals surface area contributed by atoms with Crippen LogP contribution in [0.3, 0.4) is 0 Å². The molecule has 1 aliphatic rings. The number of rotatable bonds is 4. The van der Waals surface area contributed by atoms with Crippen LogP contribution in [-0.4, -0.2) is 28.5 Å². The summed E-state index contributed by atoms with van der Waals surface area (Å²) >= 11 is 0. The van der Waals surface area contributed by atoms with Gasteiger partial charge in [0.2, 0.25) is 11.8 Å². The average molecular weight is 400 g/mol. The third kappa shape index (κ3) is 3.77. The molecule has 3 aromatic rings. The number of benzene rings is 2. The number of hydrogen-bond donors (Lipinski definition) is 2. The molecule has 4 rings (SSSR count). The summed E-state index contributed by atoms with van der Waals surface area (Å²) in [5.74, 6) is -3.52. The molecular formula is C19H14F2N4O4. The summed E-state index contributed by atoms with van der Waals surface area (Å²) in [6.45, 7) is -0.00845. The zero-order chi connectivity index (χ0) is 20.5. The first-order valence-corrected chi connectivity index (χ1v) is 8.63. The molecular weight excluding hydrogens is 386 g/mol. The number of amides is 2. The van der Waals surface area contributed by atoms with Crippen molar-refractivity contribution >= 4 is 23.2 Å². The Balaban J connectivity index is 1.44. The Kier molecular flexibility index (Phi) is 4.67. The normalized spacial score (nSPS) is 16.3. The smallest absolute Gasteiger partial charge is 0.326 e. The molecule has 1 atom stereocenters. The number of anilines is 2. The lowest BCUT2D eigenvalue weighted by molar-refractivity contribution is -0.122. The van der Waals surface area contributed by atoms with E-state index in [1.54, 1.807) is 24.3 Å². The lowest BCUT2D eigenvalue weighted by Crippen LogP contribution is -2.28. The quantitative estimate of drug-likeness (QED) is 0.699. The van der Waals surface area contributed by atoms with Crippen LogP contribution >= 0.6 is 0 Å². The topological polar surface area (TPSA) is 108 Å². The molecule has 2 aromatic carbocycles. The maximum atomic E-state index is 14.0. The molecule has 2 heterocycles. The lowest BCUT2D eigenvalue weighted by Gasteiger charge is -2.17. The fourth-order valence-corrected chi connectivity index (χ4v) is 3.13. The zero-order valence-corrected chi connectivity index (χ0v) is 14.8. The fraction of sp³-hybridized carbons (Fsp3) is 0.158. The molecule has 8 nitrogen and oxygen atoms in total. The van der Waals surface area contributed by atoms with Gasteiger partial charge in [0.25, 0.3) is 0 Å². The number of aromatic nitrogens is 2. The number of aromatic amines is 1. The van der Waals surface area contributed by atoms with Crippen LogP contribution in [0.25, 0.3) is 11.4 Å². The second-order valence-electron chi connectivity index (χ2n) is 6.51. The number of carbonyl (C=O) groups excluding carboxylic acids is 2. The van der Waals surface area contributed by atoms with Crippen LogP contribution in [0.4, 0.5) is 20.2 Å². The monoisotopic (exact) mass is 400 g/mol. The standard InChI is InChI=1S/C19H14F2N4O4/c20-12-3-6-15(14(21)8-12)25-9-11(7-16(25)26)18(27)22-13-4-1-10(2-5-13)17-23-19(28)29-24-17/h1-6,8,11H,7,9H2,(H,22,27)(H,23,24,28)/t11-/m1/s1. The number of hydrogen-bond acceptors (Lipinski definition) is 5. The average Bonchev–Trinajstić information content (AvgIpc) is 3.28. The van der Waals surface area contributed by atoms with Crippen LogP contribution in [0, 0.1) is 17.6 Å². The van der Waals surface area contributed by atoms with E-state index in [-0.39, 0.29) is 24.5 Å².